The standard InChI is InChI=1S/C9H13N3O3/c1-12-6-5-10-9(12)11-7(13)3-4-8(14)15-2/h5-6H,3-4H2,1-2H3,(H,10,11,13). The summed E-state index contributed by atoms with van der Waals surface area (Å²) in [5, 5.41) is 2.57. The fraction of sp³-hybridized carbons (Fsp3) is 0.444. The number of carbonyl (C=O) groups is 2. The van der Waals surface area contributed by atoms with Crippen molar-refractivity contribution in [1.82, 2.24) is 9.55 Å². The minimum absolute atomic E-state index is 0.0761. The van der Waals surface area contributed by atoms with Gasteiger partial charge in [-0.25, -0.2) is 4.98 Å². The van der Waals surface area contributed by atoms with E-state index < -0.39 is 5.97 Å². The van der Waals surface area contributed by atoms with Gasteiger partial charge in [-0.05, 0) is 0 Å². The van der Waals surface area contributed by atoms with Gasteiger partial charge in [0, 0.05) is 25.9 Å². The van der Waals surface area contributed by atoms with E-state index in [4.69, 9.17) is 0 Å². The lowest BCUT2D eigenvalue weighted by atomic mass is 10.3. The molecule has 1 rings (SSSR count). The zero-order valence-corrected chi connectivity index (χ0v) is 8.69. The van der Waals surface area contributed by atoms with Crippen molar-refractivity contribution in [3.05, 3.63) is 12.4 Å². The van der Waals surface area contributed by atoms with Crippen molar-refractivity contribution < 1.29 is 14.3 Å². The van der Waals surface area contributed by atoms with Crippen LogP contribution in [0.15, 0.2) is 12.4 Å². The molecule has 0 saturated heterocycles. The Kier molecular flexibility index (Phi) is 3.84. The predicted molar refractivity (Wildman–Crippen MR) is 53.1 cm³/mol. The van der Waals surface area contributed by atoms with Crippen LogP contribution < -0.4 is 5.32 Å². The van der Waals surface area contributed by atoms with Gasteiger partial charge in [0.2, 0.25) is 11.9 Å². The van der Waals surface area contributed by atoms with Crippen LogP contribution in [0.25, 0.3) is 0 Å². The van der Waals surface area contributed by atoms with Gasteiger partial charge in [-0.15, -0.1) is 0 Å². The van der Waals surface area contributed by atoms with Crippen molar-refractivity contribution in [2.24, 2.45) is 7.05 Å². The Morgan fingerprint density at radius 1 is 1.53 bits per heavy atom. The molecule has 1 amide bonds. The van der Waals surface area contributed by atoms with E-state index in [1.54, 1.807) is 24.0 Å². The van der Waals surface area contributed by atoms with Gasteiger partial charge >= 0.3 is 5.97 Å². The molecule has 0 unspecified atom stereocenters. The Hall–Kier alpha value is -1.85. The lowest BCUT2D eigenvalue weighted by Gasteiger charge is -2.03. The summed E-state index contributed by atoms with van der Waals surface area (Å²) >= 11 is 0. The van der Waals surface area contributed by atoms with E-state index in [1.165, 1.54) is 7.11 Å². The minimum atomic E-state index is -0.398. The molecule has 1 aromatic rings. The molecule has 15 heavy (non-hydrogen) atoms. The summed E-state index contributed by atoms with van der Waals surface area (Å²) in [6, 6.07) is 0. The molecule has 0 aliphatic rings. The maximum absolute atomic E-state index is 11.3. The van der Waals surface area contributed by atoms with Crippen LogP contribution in [-0.4, -0.2) is 28.5 Å². The van der Waals surface area contributed by atoms with E-state index >= 15 is 0 Å². The smallest absolute Gasteiger partial charge is 0.306 e. The number of aryl methyl sites for hydroxylation is 1. The summed E-state index contributed by atoms with van der Waals surface area (Å²) in [6.07, 6.45) is 3.47. The van der Waals surface area contributed by atoms with Crippen molar-refractivity contribution in [1.29, 1.82) is 0 Å². The number of ether oxygens (including phenoxy) is 1. The average molecular weight is 211 g/mol. The Balaban J connectivity index is 2.37. The Bertz CT molecular complexity index is 359. The van der Waals surface area contributed by atoms with Gasteiger partial charge in [-0.2, -0.15) is 0 Å². The zero-order valence-electron chi connectivity index (χ0n) is 8.69. The number of anilines is 1. The molecule has 0 aliphatic heterocycles. The summed E-state index contributed by atoms with van der Waals surface area (Å²) in [5.74, 6) is -0.190. The molecular weight excluding hydrogens is 198 g/mol. The number of hydrogen-bond acceptors (Lipinski definition) is 4. The van der Waals surface area contributed by atoms with E-state index in [-0.39, 0.29) is 18.7 Å². The van der Waals surface area contributed by atoms with Crippen molar-refractivity contribution in [2.75, 3.05) is 12.4 Å². The van der Waals surface area contributed by atoms with Gasteiger partial charge < -0.3 is 9.30 Å². The largest absolute Gasteiger partial charge is 0.469 e. The third-order valence-corrected chi connectivity index (χ3v) is 1.86. The number of methoxy groups -OCH3 is 1. The average Bonchev–Trinajstić information content (AvgIpc) is 2.61. The number of aromatic nitrogens is 2. The molecule has 6 nitrogen and oxygen atoms in total. The van der Waals surface area contributed by atoms with Crippen LogP contribution >= 0.6 is 0 Å². The summed E-state index contributed by atoms with van der Waals surface area (Å²) in [4.78, 5) is 26.0. The third-order valence-electron chi connectivity index (χ3n) is 1.86. The number of hydrogen-bond donors (Lipinski definition) is 1. The highest BCUT2D eigenvalue weighted by molar-refractivity contribution is 5.91. The number of nitrogens with one attached hydrogen (secondary N) is 1. The highest BCUT2D eigenvalue weighted by Crippen LogP contribution is 2.02. The molecule has 0 aromatic carbocycles. The SMILES string of the molecule is COC(=O)CCC(=O)Nc1nccn1C. The molecule has 0 atom stereocenters. The summed E-state index contributed by atoms with van der Waals surface area (Å²) in [7, 11) is 3.06. The zero-order chi connectivity index (χ0) is 11.3. The molecule has 0 aliphatic carbocycles. The number of esters is 1. The van der Waals surface area contributed by atoms with Crippen LogP contribution in [0.1, 0.15) is 12.8 Å². The predicted octanol–water partition coefficient (Wildman–Crippen LogP) is 0.312. The molecular formula is C9H13N3O3. The first kappa shape index (κ1) is 11.2. The number of rotatable bonds is 4. The van der Waals surface area contributed by atoms with Gasteiger partial charge in [-0.3, -0.25) is 14.9 Å². The Labute approximate surface area is 87.2 Å². The second-order valence-electron chi connectivity index (χ2n) is 2.99. The normalized spacial score (nSPS) is 9.73. The number of carbonyl (C=O) groups excluding carboxylic acids is 2. The number of nitrogens with zero attached hydrogens (tertiary/aromatic N) is 2. The molecule has 1 aromatic heterocycles. The fourth-order valence-corrected chi connectivity index (χ4v) is 0.991. The van der Waals surface area contributed by atoms with Crippen LogP contribution in [0, 0.1) is 0 Å². The maximum Gasteiger partial charge on any atom is 0.306 e. The lowest BCUT2D eigenvalue weighted by Crippen LogP contribution is -2.16. The second kappa shape index (κ2) is 5.14. The van der Waals surface area contributed by atoms with Crippen LogP contribution in [-0.2, 0) is 21.4 Å². The molecule has 0 spiro atoms. The number of amides is 1. The van der Waals surface area contributed by atoms with Gasteiger partial charge in [-0.1, -0.05) is 0 Å². The first-order valence-corrected chi connectivity index (χ1v) is 4.47. The van der Waals surface area contributed by atoms with Crippen molar-refractivity contribution in [2.45, 2.75) is 12.8 Å². The molecule has 6 heteroatoms. The Morgan fingerprint density at radius 3 is 2.80 bits per heavy atom. The van der Waals surface area contributed by atoms with Crippen LogP contribution in [0.2, 0.25) is 0 Å². The van der Waals surface area contributed by atoms with Gasteiger partial charge in [0.15, 0.2) is 0 Å². The summed E-state index contributed by atoms with van der Waals surface area (Å²) in [6.45, 7) is 0. The van der Waals surface area contributed by atoms with E-state index in [0.29, 0.717) is 5.95 Å². The van der Waals surface area contributed by atoms with E-state index in [1.807, 2.05) is 0 Å². The highest BCUT2D eigenvalue weighted by atomic mass is 16.5. The first-order chi connectivity index (χ1) is 7.13. The van der Waals surface area contributed by atoms with E-state index in [0.717, 1.165) is 0 Å². The highest BCUT2D eigenvalue weighted by Gasteiger charge is 2.08. The Morgan fingerprint density at radius 2 is 2.27 bits per heavy atom. The first-order valence-electron chi connectivity index (χ1n) is 4.47. The van der Waals surface area contributed by atoms with Crippen molar-refractivity contribution in [3.63, 3.8) is 0 Å². The van der Waals surface area contributed by atoms with Crippen LogP contribution in [0.4, 0.5) is 5.95 Å². The molecule has 1 N–H and O–H groups in total. The molecule has 0 saturated carbocycles. The second-order valence-corrected chi connectivity index (χ2v) is 2.99. The van der Waals surface area contributed by atoms with Gasteiger partial charge in [0.1, 0.15) is 0 Å². The monoisotopic (exact) mass is 211 g/mol. The van der Waals surface area contributed by atoms with Crippen LogP contribution in [0.5, 0.6) is 0 Å². The quantitative estimate of drug-likeness (QED) is 0.727. The summed E-state index contributed by atoms with van der Waals surface area (Å²) in [5.41, 5.74) is 0. The lowest BCUT2D eigenvalue weighted by molar-refractivity contribution is -0.141. The van der Waals surface area contributed by atoms with E-state index in [2.05, 4.69) is 15.0 Å². The van der Waals surface area contributed by atoms with E-state index in [9.17, 15) is 9.59 Å². The van der Waals surface area contributed by atoms with Crippen molar-refractivity contribution >= 4 is 17.8 Å². The molecule has 0 radical (unpaired) electrons. The topological polar surface area (TPSA) is 73.2 Å². The number of imidazole rings is 1. The van der Waals surface area contributed by atoms with Crippen LogP contribution in [0.3, 0.4) is 0 Å². The van der Waals surface area contributed by atoms with Gasteiger partial charge in [0.25, 0.3) is 0 Å². The minimum Gasteiger partial charge on any atom is -0.469 e. The molecule has 0 fully saturated rings. The maximum atomic E-state index is 11.3. The molecule has 82 valence electrons. The molecule has 1 heterocycles. The third kappa shape index (κ3) is 3.41. The van der Waals surface area contributed by atoms with Crippen molar-refractivity contribution in [3.8, 4) is 0 Å². The van der Waals surface area contributed by atoms with Gasteiger partial charge in [0.05, 0.1) is 13.5 Å². The molecule has 0 bridgehead atoms. The summed E-state index contributed by atoms with van der Waals surface area (Å²) < 4.78 is 6.10. The fourth-order valence-electron chi connectivity index (χ4n) is 0.991.